The van der Waals surface area contributed by atoms with E-state index < -0.39 is 10.0 Å². The Morgan fingerprint density at radius 2 is 1.65 bits per heavy atom. The van der Waals surface area contributed by atoms with E-state index in [0.717, 1.165) is 29.5 Å². The Morgan fingerprint density at radius 3 is 2.22 bits per heavy atom. The average Bonchev–Trinajstić information content (AvgIpc) is 2.50. The van der Waals surface area contributed by atoms with Crippen molar-refractivity contribution >= 4 is 10.0 Å². The number of hydrogen-bond acceptors (Lipinski definition) is 2. The molecule has 3 nitrogen and oxygen atoms in total. The summed E-state index contributed by atoms with van der Waals surface area (Å²) in [5.41, 5.74) is 4.31. The summed E-state index contributed by atoms with van der Waals surface area (Å²) in [4.78, 5) is 0.315. The van der Waals surface area contributed by atoms with Gasteiger partial charge in [0.1, 0.15) is 0 Å². The van der Waals surface area contributed by atoms with Crippen molar-refractivity contribution < 1.29 is 8.42 Å². The van der Waals surface area contributed by atoms with E-state index in [1.807, 2.05) is 39.0 Å². The molecule has 0 heterocycles. The number of benzene rings is 2. The predicted octanol–water partition coefficient (Wildman–Crippen LogP) is 4.30. The van der Waals surface area contributed by atoms with E-state index in [2.05, 4.69) is 23.8 Å². The van der Waals surface area contributed by atoms with Crippen LogP contribution < -0.4 is 4.72 Å². The molecule has 1 atom stereocenters. The van der Waals surface area contributed by atoms with Crippen LogP contribution in [0.15, 0.2) is 47.4 Å². The van der Waals surface area contributed by atoms with Crippen LogP contribution in [-0.4, -0.2) is 8.42 Å². The molecule has 2 aromatic carbocycles. The molecule has 0 aliphatic carbocycles. The van der Waals surface area contributed by atoms with E-state index in [4.69, 9.17) is 0 Å². The Hall–Kier alpha value is -1.65. The van der Waals surface area contributed by atoms with Crippen molar-refractivity contribution in [3.05, 3.63) is 64.7 Å². The van der Waals surface area contributed by atoms with Crippen LogP contribution in [0.4, 0.5) is 0 Å². The van der Waals surface area contributed by atoms with Crippen LogP contribution in [0.2, 0.25) is 0 Å². The molecule has 124 valence electrons. The van der Waals surface area contributed by atoms with Crippen LogP contribution >= 0.6 is 0 Å². The van der Waals surface area contributed by atoms with Gasteiger partial charge in [-0.3, -0.25) is 0 Å². The van der Waals surface area contributed by atoms with E-state index in [1.54, 1.807) is 12.1 Å². The van der Waals surface area contributed by atoms with Crippen molar-refractivity contribution in [2.24, 2.45) is 0 Å². The van der Waals surface area contributed by atoms with Gasteiger partial charge < -0.3 is 0 Å². The molecule has 0 aromatic heterocycles. The second-order valence-electron chi connectivity index (χ2n) is 6.08. The van der Waals surface area contributed by atoms with E-state index in [9.17, 15) is 8.42 Å². The standard InChI is InChI=1S/C19H25NO2S/c1-5-6-17-8-10-18(11-9-17)16(4)20-23(21,22)19-12-7-14(2)15(3)13-19/h7-13,16,20H,5-6H2,1-4H3. The summed E-state index contributed by atoms with van der Waals surface area (Å²) in [5.74, 6) is 0. The summed E-state index contributed by atoms with van der Waals surface area (Å²) in [6.45, 7) is 7.91. The van der Waals surface area contributed by atoms with Gasteiger partial charge in [-0.2, -0.15) is 0 Å². The predicted molar refractivity (Wildman–Crippen MR) is 95.1 cm³/mol. The Balaban J connectivity index is 2.17. The van der Waals surface area contributed by atoms with Crippen molar-refractivity contribution in [1.82, 2.24) is 4.72 Å². The zero-order valence-electron chi connectivity index (χ0n) is 14.3. The first-order valence-corrected chi connectivity index (χ1v) is 9.50. The lowest BCUT2D eigenvalue weighted by atomic mass is 10.0. The molecule has 0 bridgehead atoms. The van der Waals surface area contributed by atoms with Crippen molar-refractivity contribution in [1.29, 1.82) is 0 Å². The summed E-state index contributed by atoms with van der Waals surface area (Å²) in [7, 11) is -3.52. The van der Waals surface area contributed by atoms with Gasteiger partial charge in [0.25, 0.3) is 0 Å². The van der Waals surface area contributed by atoms with Crippen LogP contribution in [0.3, 0.4) is 0 Å². The number of rotatable bonds is 6. The third-order valence-corrected chi connectivity index (χ3v) is 5.68. The van der Waals surface area contributed by atoms with Gasteiger partial charge >= 0.3 is 0 Å². The molecule has 0 spiro atoms. The second-order valence-corrected chi connectivity index (χ2v) is 7.79. The van der Waals surface area contributed by atoms with Crippen molar-refractivity contribution in [3.63, 3.8) is 0 Å². The van der Waals surface area contributed by atoms with Gasteiger partial charge in [0.05, 0.1) is 4.90 Å². The highest BCUT2D eigenvalue weighted by Gasteiger charge is 2.18. The molecule has 23 heavy (non-hydrogen) atoms. The highest BCUT2D eigenvalue weighted by atomic mass is 32.2. The molecule has 1 N–H and O–H groups in total. The molecular weight excluding hydrogens is 306 g/mol. The van der Waals surface area contributed by atoms with E-state index in [0.29, 0.717) is 4.90 Å². The van der Waals surface area contributed by atoms with Crippen LogP contribution in [0.1, 0.15) is 48.6 Å². The first-order chi connectivity index (χ1) is 10.8. The highest BCUT2D eigenvalue weighted by molar-refractivity contribution is 7.89. The zero-order valence-corrected chi connectivity index (χ0v) is 15.1. The first kappa shape index (κ1) is 17.7. The van der Waals surface area contributed by atoms with Gasteiger partial charge in [0.15, 0.2) is 0 Å². The number of sulfonamides is 1. The fourth-order valence-corrected chi connectivity index (χ4v) is 3.83. The average molecular weight is 331 g/mol. The van der Waals surface area contributed by atoms with Crippen molar-refractivity contribution in [2.45, 2.75) is 51.5 Å². The molecule has 0 saturated carbocycles. The van der Waals surface area contributed by atoms with Gasteiger partial charge in [-0.15, -0.1) is 0 Å². The van der Waals surface area contributed by atoms with Gasteiger partial charge in [-0.05, 0) is 61.6 Å². The number of hydrogen-bond donors (Lipinski definition) is 1. The third kappa shape index (κ3) is 4.43. The molecule has 2 rings (SSSR count). The molecule has 0 radical (unpaired) electrons. The minimum Gasteiger partial charge on any atom is -0.207 e. The quantitative estimate of drug-likeness (QED) is 0.858. The minimum absolute atomic E-state index is 0.266. The highest BCUT2D eigenvalue weighted by Crippen LogP contribution is 2.19. The first-order valence-electron chi connectivity index (χ1n) is 8.02. The summed E-state index contributed by atoms with van der Waals surface area (Å²) in [6, 6.07) is 13.1. The monoisotopic (exact) mass is 331 g/mol. The summed E-state index contributed by atoms with van der Waals surface area (Å²) in [6.07, 6.45) is 2.15. The Labute approximate surface area is 139 Å². The molecule has 0 aliphatic heterocycles. The zero-order chi connectivity index (χ0) is 17.0. The maximum absolute atomic E-state index is 12.5. The maximum atomic E-state index is 12.5. The molecule has 0 amide bonds. The molecule has 4 heteroatoms. The van der Waals surface area contributed by atoms with Crippen molar-refractivity contribution in [2.75, 3.05) is 0 Å². The largest absolute Gasteiger partial charge is 0.241 e. The van der Waals surface area contributed by atoms with Crippen LogP contribution in [0.25, 0.3) is 0 Å². The maximum Gasteiger partial charge on any atom is 0.241 e. The Bertz CT molecular complexity index is 764. The fraction of sp³-hybridized carbons (Fsp3) is 0.368. The van der Waals surface area contributed by atoms with Gasteiger partial charge in [-0.25, -0.2) is 13.1 Å². The van der Waals surface area contributed by atoms with Gasteiger partial charge in [0.2, 0.25) is 10.0 Å². The normalized spacial score (nSPS) is 13.0. The second kappa shape index (κ2) is 7.28. The smallest absolute Gasteiger partial charge is 0.207 e. The SMILES string of the molecule is CCCc1ccc(C(C)NS(=O)(=O)c2ccc(C)c(C)c2)cc1. The van der Waals surface area contributed by atoms with E-state index in [-0.39, 0.29) is 6.04 Å². The lowest BCUT2D eigenvalue weighted by molar-refractivity contribution is 0.567. The fourth-order valence-electron chi connectivity index (χ4n) is 2.51. The van der Waals surface area contributed by atoms with Gasteiger partial charge in [-0.1, -0.05) is 43.7 Å². The summed E-state index contributed by atoms with van der Waals surface area (Å²) >= 11 is 0. The van der Waals surface area contributed by atoms with E-state index in [1.165, 1.54) is 5.56 Å². The molecule has 2 aromatic rings. The Morgan fingerprint density at radius 1 is 1.00 bits per heavy atom. The minimum atomic E-state index is -3.52. The molecule has 0 saturated heterocycles. The molecule has 1 unspecified atom stereocenters. The lowest BCUT2D eigenvalue weighted by Gasteiger charge is -2.16. The summed E-state index contributed by atoms with van der Waals surface area (Å²) < 4.78 is 27.8. The van der Waals surface area contributed by atoms with E-state index >= 15 is 0 Å². The number of nitrogens with one attached hydrogen (secondary N) is 1. The van der Waals surface area contributed by atoms with Crippen LogP contribution in [-0.2, 0) is 16.4 Å². The van der Waals surface area contributed by atoms with Crippen LogP contribution in [0, 0.1) is 13.8 Å². The van der Waals surface area contributed by atoms with Gasteiger partial charge in [0, 0.05) is 6.04 Å². The topological polar surface area (TPSA) is 46.2 Å². The molecule has 0 aliphatic rings. The van der Waals surface area contributed by atoms with Crippen LogP contribution in [0.5, 0.6) is 0 Å². The molecular formula is C19H25NO2S. The summed E-state index contributed by atoms with van der Waals surface area (Å²) in [5, 5.41) is 0. The third-order valence-electron chi connectivity index (χ3n) is 4.14. The number of aryl methyl sites for hydroxylation is 3. The Kier molecular flexibility index (Phi) is 5.60. The lowest BCUT2D eigenvalue weighted by Crippen LogP contribution is -2.27. The molecule has 0 fully saturated rings. The van der Waals surface area contributed by atoms with Crippen molar-refractivity contribution in [3.8, 4) is 0 Å².